The first kappa shape index (κ1) is 14.0. The van der Waals surface area contributed by atoms with E-state index in [1.54, 1.807) is 21.1 Å². The Bertz CT molecular complexity index is 514. The molecule has 104 valence electrons. The van der Waals surface area contributed by atoms with Crippen LogP contribution in [0.2, 0.25) is 0 Å². The van der Waals surface area contributed by atoms with Gasteiger partial charge in [0.05, 0.1) is 18.7 Å². The molecular weight excluding hydrogens is 316 g/mol. The monoisotopic (exact) mass is 330 g/mol. The van der Waals surface area contributed by atoms with E-state index in [4.69, 9.17) is 18.9 Å². The molecule has 0 spiro atoms. The molecular formula is C13H15BrO5. The molecule has 1 saturated heterocycles. The van der Waals surface area contributed by atoms with E-state index in [1.165, 1.54) is 0 Å². The van der Waals surface area contributed by atoms with E-state index in [-0.39, 0.29) is 6.10 Å². The zero-order chi connectivity index (χ0) is 14.2. The summed E-state index contributed by atoms with van der Waals surface area (Å²) < 4.78 is 21.6. The third-order valence-corrected chi connectivity index (χ3v) is 3.93. The van der Waals surface area contributed by atoms with Crippen molar-refractivity contribution in [3.8, 4) is 11.5 Å². The predicted octanol–water partition coefficient (Wildman–Crippen LogP) is 3.37. The Morgan fingerprint density at radius 2 is 1.95 bits per heavy atom. The second-order valence-electron chi connectivity index (χ2n) is 4.25. The van der Waals surface area contributed by atoms with Crippen LogP contribution in [0.4, 0.5) is 4.79 Å². The Labute approximate surface area is 119 Å². The molecule has 5 nitrogen and oxygen atoms in total. The summed E-state index contributed by atoms with van der Waals surface area (Å²) in [6.07, 6.45) is -1.51. The first-order valence-corrected chi connectivity index (χ1v) is 6.57. The van der Waals surface area contributed by atoms with Gasteiger partial charge in [-0.15, -0.1) is 0 Å². The highest BCUT2D eigenvalue weighted by atomic mass is 79.9. The smallest absolute Gasteiger partial charge is 0.496 e. The fraction of sp³-hybridized carbons (Fsp3) is 0.462. The van der Waals surface area contributed by atoms with Crippen molar-refractivity contribution in [2.45, 2.75) is 26.1 Å². The van der Waals surface area contributed by atoms with Gasteiger partial charge >= 0.3 is 6.16 Å². The fourth-order valence-electron chi connectivity index (χ4n) is 2.14. The molecule has 0 bridgehead atoms. The number of methoxy groups -OCH3 is 2. The second kappa shape index (κ2) is 5.28. The summed E-state index contributed by atoms with van der Waals surface area (Å²) >= 11 is 3.49. The van der Waals surface area contributed by atoms with Gasteiger partial charge in [-0.25, -0.2) is 4.79 Å². The Hall–Kier alpha value is -1.43. The lowest BCUT2D eigenvalue weighted by Crippen LogP contribution is -2.12. The van der Waals surface area contributed by atoms with Crippen molar-refractivity contribution in [1.29, 1.82) is 0 Å². The summed E-state index contributed by atoms with van der Waals surface area (Å²) in [4.78, 5) is 11.2. The van der Waals surface area contributed by atoms with Gasteiger partial charge in [0.2, 0.25) is 0 Å². The van der Waals surface area contributed by atoms with Gasteiger partial charge in [0.15, 0.2) is 6.10 Å². The van der Waals surface area contributed by atoms with Gasteiger partial charge in [0.1, 0.15) is 17.6 Å². The van der Waals surface area contributed by atoms with Crippen LogP contribution in [0.25, 0.3) is 0 Å². The van der Waals surface area contributed by atoms with Crippen LogP contribution >= 0.6 is 15.9 Å². The molecule has 19 heavy (non-hydrogen) atoms. The molecule has 0 saturated carbocycles. The minimum Gasteiger partial charge on any atom is -0.496 e. The molecule has 1 heterocycles. The van der Waals surface area contributed by atoms with Crippen molar-refractivity contribution < 1.29 is 23.7 Å². The molecule has 1 aliphatic rings. The standard InChI is InChI=1S/C13H15BrO5/c1-6-9(16-3)5-8(10(14)11(6)17-4)12-7(2)18-13(15)19-12/h5,7,12H,1-4H3/t7-,12+/m0/s1. The molecule has 1 fully saturated rings. The van der Waals surface area contributed by atoms with E-state index >= 15 is 0 Å². The quantitative estimate of drug-likeness (QED) is 0.795. The third-order valence-electron chi connectivity index (χ3n) is 3.11. The normalized spacial score (nSPS) is 21.8. The number of carbonyl (C=O) groups excluding carboxylic acids is 1. The average Bonchev–Trinajstić information content (AvgIpc) is 2.69. The van der Waals surface area contributed by atoms with Crippen LogP contribution in [0.1, 0.15) is 24.2 Å². The Kier molecular flexibility index (Phi) is 3.89. The van der Waals surface area contributed by atoms with E-state index in [0.717, 1.165) is 15.6 Å². The maximum absolute atomic E-state index is 11.2. The molecule has 1 aromatic carbocycles. The highest BCUT2D eigenvalue weighted by molar-refractivity contribution is 9.10. The van der Waals surface area contributed by atoms with Gasteiger partial charge < -0.3 is 18.9 Å². The van der Waals surface area contributed by atoms with Crippen LogP contribution in [0, 0.1) is 6.92 Å². The van der Waals surface area contributed by atoms with Crippen molar-refractivity contribution in [3.05, 3.63) is 21.7 Å². The maximum Gasteiger partial charge on any atom is 0.509 e. The summed E-state index contributed by atoms with van der Waals surface area (Å²) in [5.41, 5.74) is 1.64. The number of carbonyl (C=O) groups is 1. The summed E-state index contributed by atoms with van der Waals surface area (Å²) in [5.74, 6) is 1.33. The zero-order valence-electron chi connectivity index (χ0n) is 11.2. The van der Waals surface area contributed by atoms with Gasteiger partial charge in [-0.05, 0) is 35.8 Å². The number of ether oxygens (including phenoxy) is 4. The van der Waals surface area contributed by atoms with Gasteiger partial charge in [-0.1, -0.05) is 0 Å². The number of hydrogen-bond acceptors (Lipinski definition) is 5. The SMILES string of the molecule is COc1cc([C@@H]2OC(=O)O[C@H]2C)c(Br)c(OC)c1C. The van der Waals surface area contributed by atoms with Crippen molar-refractivity contribution >= 4 is 22.1 Å². The van der Waals surface area contributed by atoms with Crippen LogP contribution in [0.5, 0.6) is 11.5 Å². The van der Waals surface area contributed by atoms with Gasteiger partial charge in [-0.2, -0.15) is 0 Å². The minimum atomic E-state index is -0.664. The first-order chi connectivity index (χ1) is 8.99. The number of rotatable bonds is 3. The average molecular weight is 331 g/mol. The molecule has 0 amide bonds. The van der Waals surface area contributed by atoms with Crippen molar-refractivity contribution in [3.63, 3.8) is 0 Å². The fourth-order valence-corrected chi connectivity index (χ4v) is 2.94. The molecule has 0 aliphatic carbocycles. The highest BCUT2D eigenvalue weighted by Crippen LogP contribution is 2.44. The second-order valence-corrected chi connectivity index (χ2v) is 5.04. The molecule has 2 rings (SSSR count). The predicted molar refractivity (Wildman–Crippen MR) is 71.8 cm³/mol. The zero-order valence-corrected chi connectivity index (χ0v) is 12.7. The lowest BCUT2D eigenvalue weighted by molar-refractivity contribution is 0.116. The van der Waals surface area contributed by atoms with Crippen molar-refractivity contribution in [1.82, 2.24) is 0 Å². The Morgan fingerprint density at radius 3 is 2.42 bits per heavy atom. The van der Waals surface area contributed by atoms with E-state index in [1.807, 2.05) is 13.0 Å². The van der Waals surface area contributed by atoms with Crippen LogP contribution in [0.3, 0.4) is 0 Å². The maximum atomic E-state index is 11.2. The number of cyclic esters (lactones) is 2. The topological polar surface area (TPSA) is 54.0 Å². The highest BCUT2D eigenvalue weighted by Gasteiger charge is 2.37. The van der Waals surface area contributed by atoms with Gasteiger partial charge in [-0.3, -0.25) is 0 Å². The third kappa shape index (κ3) is 2.36. The molecule has 0 N–H and O–H groups in total. The van der Waals surface area contributed by atoms with Crippen LogP contribution in [-0.2, 0) is 9.47 Å². The molecule has 1 aromatic rings. The first-order valence-electron chi connectivity index (χ1n) is 5.77. The summed E-state index contributed by atoms with van der Waals surface area (Å²) in [6, 6.07) is 1.82. The van der Waals surface area contributed by atoms with Crippen molar-refractivity contribution in [2.75, 3.05) is 14.2 Å². The van der Waals surface area contributed by atoms with E-state index in [2.05, 4.69) is 15.9 Å². The Balaban J connectivity index is 2.54. The van der Waals surface area contributed by atoms with Crippen LogP contribution in [-0.4, -0.2) is 26.5 Å². The van der Waals surface area contributed by atoms with Crippen LogP contribution in [0.15, 0.2) is 10.5 Å². The summed E-state index contributed by atoms with van der Waals surface area (Å²) in [6.45, 7) is 3.67. The lowest BCUT2D eigenvalue weighted by atomic mass is 10.0. The Morgan fingerprint density at radius 1 is 1.26 bits per heavy atom. The molecule has 6 heteroatoms. The summed E-state index contributed by atoms with van der Waals surface area (Å²) in [7, 11) is 3.16. The largest absolute Gasteiger partial charge is 0.509 e. The molecule has 2 atom stereocenters. The molecule has 0 radical (unpaired) electrons. The van der Waals surface area contributed by atoms with E-state index in [0.29, 0.717) is 11.5 Å². The lowest BCUT2D eigenvalue weighted by Gasteiger charge is -2.19. The van der Waals surface area contributed by atoms with E-state index in [9.17, 15) is 4.79 Å². The molecule has 0 unspecified atom stereocenters. The summed E-state index contributed by atoms with van der Waals surface area (Å²) in [5, 5.41) is 0. The van der Waals surface area contributed by atoms with Gasteiger partial charge in [0.25, 0.3) is 0 Å². The van der Waals surface area contributed by atoms with Gasteiger partial charge in [0, 0.05) is 11.1 Å². The number of hydrogen-bond donors (Lipinski definition) is 0. The van der Waals surface area contributed by atoms with Crippen LogP contribution < -0.4 is 9.47 Å². The molecule has 1 aliphatic heterocycles. The minimum absolute atomic E-state index is 0.360. The molecule has 0 aromatic heterocycles. The number of halogens is 1. The van der Waals surface area contributed by atoms with E-state index < -0.39 is 12.3 Å². The number of benzene rings is 1. The van der Waals surface area contributed by atoms with Crippen molar-refractivity contribution in [2.24, 2.45) is 0 Å².